The van der Waals surface area contributed by atoms with E-state index in [0.29, 0.717) is 22.1 Å². The van der Waals surface area contributed by atoms with Gasteiger partial charge in [-0.15, -0.1) is 0 Å². The van der Waals surface area contributed by atoms with Gasteiger partial charge in [-0.3, -0.25) is 14.5 Å². The maximum atomic E-state index is 12.7. The molecule has 0 radical (unpaired) electrons. The fourth-order valence-electron chi connectivity index (χ4n) is 2.62. The Morgan fingerprint density at radius 2 is 2.07 bits per heavy atom. The number of thioether (sulfide) groups is 1. The normalized spacial score (nSPS) is 16.3. The zero-order valence-electron chi connectivity index (χ0n) is 16.6. The summed E-state index contributed by atoms with van der Waals surface area (Å²) in [4.78, 5) is 37.8. The zero-order valence-corrected chi connectivity index (χ0v) is 18.2. The molecule has 0 N–H and O–H groups in total. The highest BCUT2D eigenvalue weighted by molar-refractivity contribution is 8.18. The average molecular weight is 450 g/mol. The summed E-state index contributed by atoms with van der Waals surface area (Å²) >= 11 is 7.11. The first kappa shape index (κ1) is 22.0. The van der Waals surface area contributed by atoms with Gasteiger partial charge in [0.05, 0.1) is 29.7 Å². The van der Waals surface area contributed by atoms with Gasteiger partial charge in [0.25, 0.3) is 11.1 Å². The van der Waals surface area contributed by atoms with Crippen LogP contribution < -0.4 is 4.74 Å². The summed E-state index contributed by atoms with van der Waals surface area (Å²) in [6, 6.07) is 8.15. The van der Waals surface area contributed by atoms with Gasteiger partial charge in [0.2, 0.25) is 5.76 Å². The molecule has 2 aromatic rings. The summed E-state index contributed by atoms with van der Waals surface area (Å²) in [5.41, 5.74) is 0.674. The van der Waals surface area contributed by atoms with Crippen LogP contribution in [0.4, 0.5) is 4.79 Å². The smallest absolute Gasteiger partial charge is 0.373 e. The van der Waals surface area contributed by atoms with Crippen molar-refractivity contribution in [3.05, 3.63) is 57.3 Å². The van der Waals surface area contributed by atoms with Crippen LogP contribution in [-0.4, -0.2) is 35.2 Å². The molecule has 9 heteroatoms. The van der Waals surface area contributed by atoms with Crippen LogP contribution in [0.2, 0.25) is 5.02 Å². The molecule has 0 bridgehead atoms. The van der Waals surface area contributed by atoms with Gasteiger partial charge >= 0.3 is 5.97 Å². The van der Waals surface area contributed by atoms with E-state index in [9.17, 15) is 14.4 Å². The summed E-state index contributed by atoms with van der Waals surface area (Å²) in [7, 11) is 1.24. The summed E-state index contributed by atoms with van der Waals surface area (Å²) in [6.07, 6.45) is 2.49. The van der Waals surface area contributed by atoms with Crippen molar-refractivity contribution < 1.29 is 28.3 Å². The van der Waals surface area contributed by atoms with Crippen LogP contribution in [-0.2, 0) is 16.1 Å². The number of hydrogen-bond acceptors (Lipinski definition) is 7. The van der Waals surface area contributed by atoms with Crippen molar-refractivity contribution in [2.75, 3.05) is 7.11 Å². The van der Waals surface area contributed by atoms with E-state index in [1.54, 1.807) is 24.3 Å². The Labute approximate surface area is 182 Å². The van der Waals surface area contributed by atoms with E-state index in [2.05, 4.69) is 4.74 Å². The largest absolute Gasteiger partial charge is 0.489 e. The molecular formula is C21H20ClNO6S. The van der Waals surface area contributed by atoms with Gasteiger partial charge in [0.1, 0.15) is 11.5 Å². The van der Waals surface area contributed by atoms with E-state index < -0.39 is 17.1 Å². The van der Waals surface area contributed by atoms with Gasteiger partial charge in [-0.1, -0.05) is 24.6 Å². The third kappa shape index (κ3) is 4.88. The van der Waals surface area contributed by atoms with Crippen LogP contribution in [0.1, 0.15) is 42.1 Å². The fourth-order valence-corrected chi connectivity index (χ4v) is 3.69. The molecule has 7 nitrogen and oxygen atoms in total. The molecule has 0 unspecified atom stereocenters. The first-order valence-electron chi connectivity index (χ1n) is 9.21. The lowest BCUT2D eigenvalue weighted by molar-refractivity contribution is -0.123. The minimum Gasteiger partial charge on any atom is -0.489 e. The molecular weight excluding hydrogens is 430 g/mol. The SMILES string of the molecule is CC[C@@H](C)Oc1ccc(/C=C2/SC(=O)N(Cc3ccc(C(=O)OC)o3)C2=O)cc1Cl. The first-order valence-corrected chi connectivity index (χ1v) is 10.4. The molecule has 0 saturated carbocycles. The Morgan fingerprint density at radius 1 is 1.30 bits per heavy atom. The van der Waals surface area contributed by atoms with Gasteiger partial charge in [-0.05, 0) is 61.0 Å². The number of benzene rings is 1. The van der Waals surface area contributed by atoms with E-state index in [1.807, 2.05) is 13.8 Å². The number of carbonyl (C=O) groups excluding carboxylic acids is 3. The molecule has 158 valence electrons. The number of amides is 2. The number of imide groups is 1. The molecule has 1 atom stereocenters. The van der Waals surface area contributed by atoms with E-state index >= 15 is 0 Å². The van der Waals surface area contributed by atoms with Gasteiger partial charge in [-0.2, -0.15) is 0 Å². The topological polar surface area (TPSA) is 86.1 Å². The lowest BCUT2D eigenvalue weighted by Crippen LogP contribution is -2.27. The highest BCUT2D eigenvalue weighted by Crippen LogP contribution is 2.35. The number of hydrogen-bond donors (Lipinski definition) is 0. The number of methoxy groups -OCH3 is 1. The Bertz CT molecular complexity index is 1010. The van der Waals surface area contributed by atoms with Crippen molar-refractivity contribution in [2.24, 2.45) is 0 Å². The number of rotatable bonds is 7. The molecule has 2 heterocycles. The standard InChI is InChI=1S/C21H20ClNO6S/c1-4-12(2)28-16-7-5-13(9-15(16)22)10-18-19(24)23(21(26)30-18)11-14-6-8-17(29-14)20(25)27-3/h5-10,12H,4,11H2,1-3H3/b18-10+/t12-/m1/s1. The van der Waals surface area contributed by atoms with Crippen molar-refractivity contribution in [1.29, 1.82) is 0 Å². The minimum absolute atomic E-state index is 0.00403. The van der Waals surface area contributed by atoms with Crippen LogP contribution >= 0.6 is 23.4 Å². The number of furan rings is 1. The van der Waals surface area contributed by atoms with Crippen molar-refractivity contribution in [3.8, 4) is 5.75 Å². The van der Waals surface area contributed by atoms with E-state index in [1.165, 1.54) is 19.2 Å². The van der Waals surface area contributed by atoms with Crippen LogP contribution in [0.15, 0.2) is 39.7 Å². The number of halogens is 1. The van der Waals surface area contributed by atoms with Crippen LogP contribution in [0.3, 0.4) is 0 Å². The Hall–Kier alpha value is -2.71. The predicted molar refractivity (Wildman–Crippen MR) is 113 cm³/mol. The van der Waals surface area contributed by atoms with Crippen molar-refractivity contribution in [2.45, 2.75) is 32.9 Å². The highest BCUT2D eigenvalue weighted by atomic mass is 35.5. The second kappa shape index (κ2) is 9.40. The molecule has 3 rings (SSSR count). The summed E-state index contributed by atoms with van der Waals surface area (Å²) in [5, 5.41) is -0.000655. The van der Waals surface area contributed by atoms with Gasteiger partial charge in [0.15, 0.2) is 0 Å². The van der Waals surface area contributed by atoms with Gasteiger partial charge < -0.3 is 13.9 Å². The average Bonchev–Trinajstić information content (AvgIpc) is 3.30. The van der Waals surface area contributed by atoms with Crippen LogP contribution in [0, 0.1) is 0 Å². The van der Waals surface area contributed by atoms with E-state index in [4.69, 9.17) is 20.8 Å². The first-order chi connectivity index (χ1) is 14.3. The second-order valence-corrected chi connectivity index (χ2v) is 7.95. The molecule has 0 aliphatic carbocycles. The molecule has 1 aromatic carbocycles. The molecule has 1 aliphatic heterocycles. The Balaban J connectivity index is 1.74. The minimum atomic E-state index is -0.632. The lowest BCUT2D eigenvalue weighted by atomic mass is 10.2. The molecule has 30 heavy (non-hydrogen) atoms. The Kier molecular flexibility index (Phi) is 6.89. The highest BCUT2D eigenvalue weighted by Gasteiger charge is 2.35. The van der Waals surface area contributed by atoms with E-state index in [0.717, 1.165) is 23.1 Å². The van der Waals surface area contributed by atoms with Crippen LogP contribution in [0.5, 0.6) is 5.75 Å². The third-order valence-corrected chi connectivity index (χ3v) is 5.60. The second-order valence-electron chi connectivity index (χ2n) is 6.55. The number of nitrogens with zero attached hydrogens (tertiary/aromatic N) is 1. The molecule has 1 aromatic heterocycles. The number of ether oxygens (including phenoxy) is 2. The number of carbonyl (C=O) groups is 3. The molecule has 2 amide bonds. The summed E-state index contributed by atoms with van der Waals surface area (Å²) in [5.74, 6) is -0.210. The Morgan fingerprint density at radius 3 is 2.73 bits per heavy atom. The van der Waals surface area contributed by atoms with Gasteiger partial charge in [0, 0.05) is 0 Å². The number of esters is 1. The zero-order chi connectivity index (χ0) is 21.8. The predicted octanol–water partition coefficient (Wildman–Crippen LogP) is 5.13. The molecule has 1 aliphatic rings. The fraction of sp³-hybridized carbons (Fsp3) is 0.286. The van der Waals surface area contributed by atoms with Crippen molar-refractivity contribution in [3.63, 3.8) is 0 Å². The van der Waals surface area contributed by atoms with Crippen LogP contribution in [0.25, 0.3) is 6.08 Å². The third-order valence-electron chi connectivity index (χ3n) is 4.39. The van der Waals surface area contributed by atoms with Crippen molar-refractivity contribution in [1.82, 2.24) is 4.90 Å². The maximum Gasteiger partial charge on any atom is 0.373 e. The summed E-state index contributed by atoms with van der Waals surface area (Å²) < 4.78 is 15.7. The maximum absolute atomic E-state index is 12.7. The molecule has 1 saturated heterocycles. The van der Waals surface area contributed by atoms with Crippen molar-refractivity contribution >= 4 is 46.6 Å². The quantitative estimate of drug-likeness (QED) is 0.427. The lowest BCUT2D eigenvalue weighted by Gasteiger charge is -2.14. The summed E-state index contributed by atoms with van der Waals surface area (Å²) in [6.45, 7) is 3.89. The van der Waals surface area contributed by atoms with Gasteiger partial charge in [-0.25, -0.2) is 4.79 Å². The molecule has 0 spiro atoms. The van der Waals surface area contributed by atoms with E-state index in [-0.39, 0.29) is 23.3 Å². The monoisotopic (exact) mass is 449 g/mol. The molecule has 1 fully saturated rings.